The highest BCUT2D eigenvalue weighted by Crippen LogP contribution is 1.95. The van der Waals surface area contributed by atoms with Crippen molar-refractivity contribution in [1.29, 1.82) is 0 Å². The zero-order valence-electron chi connectivity index (χ0n) is 13.0. The van der Waals surface area contributed by atoms with Gasteiger partial charge in [0.2, 0.25) is 0 Å². The molecule has 2 aromatic carbocycles. The van der Waals surface area contributed by atoms with Crippen LogP contribution in [0.25, 0.3) is 0 Å². The maximum Gasteiger partial charge on any atom is 1.42 e. The van der Waals surface area contributed by atoms with E-state index in [4.69, 9.17) is 10.2 Å². The second-order valence-corrected chi connectivity index (χ2v) is 5.44. The van der Waals surface area contributed by atoms with Crippen molar-refractivity contribution < 1.29 is 19.8 Å². The predicted octanol–water partition coefficient (Wildman–Crippen LogP) is 2.26. The molecule has 0 aliphatic carbocycles. The fourth-order valence-corrected chi connectivity index (χ4v) is 2.09. The van der Waals surface area contributed by atoms with Crippen LogP contribution in [0.3, 0.4) is 0 Å². The summed E-state index contributed by atoms with van der Waals surface area (Å²) in [6, 6.07) is 21.0. The van der Waals surface area contributed by atoms with Crippen molar-refractivity contribution in [2.24, 2.45) is 0 Å². The van der Waals surface area contributed by atoms with Gasteiger partial charge in [-0.05, 0) is 0 Å². The highest BCUT2D eigenvalue weighted by molar-refractivity contribution is 6.08. The first-order chi connectivity index (χ1) is 11.0. The highest BCUT2D eigenvalue weighted by Gasteiger charge is 2.22. The molecule has 0 aliphatic heterocycles. The average molecular weight is 335 g/mol. The van der Waals surface area contributed by atoms with Crippen molar-refractivity contribution >= 4 is 55.4 Å². The van der Waals surface area contributed by atoms with Gasteiger partial charge < -0.3 is 10.2 Å². The number of aliphatic carboxylic acids is 2. The number of carbonyl (C=O) groups is 2. The van der Waals surface area contributed by atoms with Crippen LogP contribution >= 0.6 is 0 Å². The van der Waals surface area contributed by atoms with Crippen LogP contribution in [0.15, 0.2) is 60.7 Å². The summed E-state index contributed by atoms with van der Waals surface area (Å²) in [7, 11) is 0. The monoisotopic (exact) mass is 334 g/mol. The SMILES string of the molecule is O=C(O)CC(=O)O.[Mg+2][CH2]c1ccccc1.[Mg+2][CH2]c1ccccc1. The van der Waals surface area contributed by atoms with Crippen LogP contribution in [0.1, 0.15) is 17.5 Å². The lowest BCUT2D eigenvalue weighted by Gasteiger charge is -1.80. The van der Waals surface area contributed by atoms with Gasteiger partial charge in [-0.15, -0.1) is 0 Å². The second-order valence-electron chi connectivity index (χ2n) is 4.44. The normalized spacial score (nSPS) is 8.78. The summed E-state index contributed by atoms with van der Waals surface area (Å²) in [4.78, 5) is 18.9. The number of carboxylic acids is 2. The standard InChI is InChI=1S/2C7H7.C3H4O4.2Mg/c2*1-7-5-3-2-4-6-7;4-2(5)1-3(6)7;;/h2*2-6H,1H2;1H2,(H,4,5)(H,6,7);;/q;;;2*+2. The molecule has 0 aromatic heterocycles. The molecule has 0 aliphatic rings. The Morgan fingerprint density at radius 2 is 1.00 bits per heavy atom. The molecule has 23 heavy (non-hydrogen) atoms. The molecule has 0 bridgehead atoms. The van der Waals surface area contributed by atoms with E-state index in [0.717, 1.165) is 0 Å². The Morgan fingerprint density at radius 1 is 0.696 bits per heavy atom. The van der Waals surface area contributed by atoms with Crippen LogP contribution in [0.5, 0.6) is 0 Å². The number of hydrogen-bond acceptors (Lipinski definition) is 2. The molecule has 4 nitrogen and oxygen atoms in total. The van der Waals surface area contributed by atoms with Gasteiger partial charge in [0.25, 0.3) is 9.10 Å². The molecule has 0 unspecified atom stereocenters. The van der Waals surface area contributed by atoms with Gasteiger partial charge in [0, 0.05) is 11.1 Å². The van der Waals surface area contributed by atoms with E-state index in [-0.39, 0.29) is 0 Å². The molecule has 6 heteroatoms. The van der Waals surface area contributed by atoms with Gasteiger partial charge in [0.1, 0.15) is 6.42 Å². The van der Waals surface area contributed by atoms with Crippen molar-refractivity contribution in [3.63, 3.8) is 0 Å². The van der Waals surface area contributed by atoms with Crippen molar-refractivity contribution in [1.82, 2.24) is 0 Å². The Morgan fingerprint density at radius 3 is 1.13 bits per heavy atom. The lowest BCUT2D eigenvalue weighted by atomic mass is 10.2. The third-order valence-corrected chi connectivity index (χ3v) is 3.72. The maximum atomic E-state index is 9.43. The average Bonchev–Trinajstić information content (AvgIpc) is 2.56. The van der Waals surface area contributed by atoms with Crippen LogP contribution < -0.4 is 0 Å². The summed E-state index contributed by atoms with van der Waals surface area (Å²) in [6.07, 6.45) is -0.806. The van der Waals surface area contributed by atoms with Gasteiger partial charge in [0.05, 0.1) is 0 Å². The van der Waals surface area contributed by atoms with Gasteiger partial charge in [0.15, 0.2) is 0 Å². The smallest absolute Gasteiger partial charge is 0.481 e. The van der Waals surface area contributed by atoms with E-state index in [1.54, 1.807) is 0 Å². The molecule has 14 radical (unpaired) electrons. The van der Waals surface area contributed by atoms with Crippen molar-refractivity contribution in [2.75, 3.05) is 0 Å². The van der Waals surface area contributed by atoms with E-state index < -0.39 is 18.4 Å². The Balaban J connectivity index is 0.000000317. The summed E-state index contributed by atoms with van der Waals surface area (Å²) in [5.41, 5.74) is 2.84. The Kier molecular flexibility index (Phi) is 13.8. The summed E-state index contributed by atoms with van der Waals surface area (Å²) < 4.78 is 2.34. The molecule has 0 atom stereocenters. The van der Waals surface area contributed by atoms with E-state index in [2.05, 4.69) is 48.5 Å². The predicted molar refractivity (Wildman–Crippen MR) is 91.7 cm³/mol. The summed E-state index contributed by atoms with van der Waals surface area (Å²) in [6.45, 7) is 0. The fourth-order valence-electron chi connectivity index (χ4n) is 1.42. The van der Waals surface area contributed by atoms with Crippen LogP contribution in [-0.2, 0) is 18.7 Å². The summed E-state index contributed by atoms with van der Waals surface area (Å²) in [5, 5.41) is 15.4. The molecule has 2 rings (SSSR count). The third-order valence-electron chi connectivity index (χ3n) is 2.57. The topological polar surface area (TPSA) is 74.6 Å². The minimum Gasteiger partial charge on any atom is -0.481 e. The lowest BCUT2D eigenvalue weighted by Crippen LogP contribution is -2.03. The first kappa shape index (κ1) is 21.9. The maximum absolute atomic E-state index is 9.43. The molecule has 0 heterocycles. The van der Waals surface area contributed by atoms with E-state index in [1.807, 2.05) is 55.6 Å². The number of rotatable bonds is 4. The molecule has 0 fully saturated rings. The van der Waals surface area contributed by atoms with Crippen LogP contribution in [-0.4, -0.2) is 65.6 Å². The largest absolute Gasteiger partial charge is 1.42 e. The van der Waals surface area contributed by atoms with Crippen LogP contribution in [0.2, 0.25) is 0 Å². The third kappa shape index (κ3) is 14.2. The number of carboxylic acid groups (broad SMARTS) is 2. The Labute approximate surface area is 161 Å². The van der Waals surface area contributed by atoms with E-state index in [0.29, 0.717) is 0 Å². The molecule has 110 valence electrons. The molecule has 0 amide bonds. The molecule has 0 spiro atoms. The summed E-state index contributed by atoms with van der Waals surface area (Å²) >= 11 is 3.97. The molecular weight excluding hydrogens is 317 g/mol. The lowest BCUT2D eigenvalue weighted by molar-refractivity contribution is -0.147. The van der Waals surface area contributed by atoms with Gasteiger partial charge in [-0.3, -0.25) is 9.59 Å². The minimum atomic E-state index is -1.31. The molecule has 2 aromatic rings. The second kappa shape index (κ2) is 14.5. The zero-order valence-corrected chi connectivity index (χ0v) is 15.8. The Bertz CT molecular complexity index is 508. The van der Waals surface area contributed by atoms with E-state index in [9.17, 15) is 9.59 Å². The quantitative estimate of drug-likeness (QED) is 0.664. The fraction of sp³-hybridized carbons (Fsp3) is 0.176. The van der Waals surface area contributed by atoms with Gasteiger partial charge in [-0.1, -0.05) is 60.7 Å². The van der Waals surface area contributed by atoms with Gasteiger partial charge in [-0.25, -0.2) is 0 Å². The molecule has 0 saturated heterocycles. The van der Waals surface area contributed by atoms with Crippen molar-refractivity contribution in [3.8, 4) is 0 Å². The van der Waals surface area contributed by atoms with Crippen molar-refractivity contribution in [2.45, 2.75) is 15.5 Å². The first-order valence-corrected chi connectivity index (χ1v) is 9.09. The minimum absolute atomic E-state index is 0.806. The number of benzene rings is 2. The van der Waals surface area contributed by atoms with Gasteiger partial charge >= 0.3 is 55.4 Å². The van der Waals surface area contributed by atoms with E-state index >= 15 is 0 Å². The van der Waals surface area contributed by atoms with E-state index in [1.165, 1.54) is 20.2 Å². The van der Waals surface area contributed by atoms with Crippen molar-refractivity contribution in [3.05, 3.63) is 71.8 Å². The number of hydrogen-bond donors (Lipinski definition) is 2. The Hall–Kier alpha value is -1.09. The zero-order chi connectivity index (χ0) is 17.5. The van der Waals surface area contributed by atoms with Crippen LogP contribution in [0.4, 0.5) is 0 Å². The van der Waals surface area contributed by atoms with Gasteiger partial charge in [-0.2, -0.15) is 0 Å². The van der Waals surface area contributed by atoms with Crippen LogP contribution in [0, 0.1) is 0 Å². The molecule has 0 saturated carbocycles. The highest BCUT2D eigenvalue weighted by atomic mass is 24.4. The first-order valence-electron chi connectivity index (χ1n) is 7.09. The summed E-state index contributed by atoms with van der Waals surface area (Å²) in [5.74, 6) is -2.62. The molecule has 2 N–H and O–H groups in total. The molecular formula is C17H18Mg2O4+4.